The summed E-state index contributed by atoms with van der Waals surface area (Å²) in [6.07, 6.45) is 0. The molecule has 0 atom stereocenters. The van der Waals surface area contributed by atoms with Gasteiger partial charge in [-0.1, -0.05) is 164 Å². The van der Waals surface area contributed by atoms with Crippen LogP contribution in [0.4, 0.5) is 0 Å². The summed E-state index contributed by atoms with van der Waals surface area (Å²) in [6, 6.07) is 62.2. The second-order valence-corrected chi connectivity index (χ2v) is 13.9. The predicted molar refractivity (Wildman–Crippen MR) is 215 cm³/mol. The molecule has 2 aromatic heterocycles. The summed E-state index contributed by atoms with van der Waals surface area (Å²) in [7, 11) is 0. The van der Waals surface area contributed by atoms with Crippen LogP contribution in [-0.4, -0.2) is 15.0 Å². The molecule has 10 rings (SSSR count). The number of nitrogens with zero attached hydrogens (tertiary/aromatic N) is 3. The predicted octanol–water partition coefficient (Wildman–Crippen LogP) is 12.9. The van der Waals surface area contributed by atoms with Gasteiger partial charge in [0.05, 0.1) is 0 Å². The first-order chi connectivity index (χ1) is 25.3. The Balaban J connectivity index is 1.09. The number of aromatic nitrogens is 3. The fourth-order valence-electron chi connectivity index (χ4n) is 7.26. The molecular formula is C47H29N3S. The van der Waals surface area contributed by atoms with E-state index >= 15 is 0 Å². The van der Waals surface area contributed by atoms with E-state index in [1.807, 2.05) is 29.5 Å². The number of hydrogen-bond acceptors (Lipinski definition) is 4. The minimum atomic E-state index is 0.646. The lowest BCUT2D eigenvalue weighted by Gasteiger charge is -2.14. The summed E-state index contributed by atoms with van der Waals surface area (Å²) in [5.74, 6) is 1.95. The second kappa shape index (κ2) is 12.1. The van der Waals surface area contributed by atoms with Crippen LogP contribution in [0.5, 0.6) is 0 Å². The molecule has 2 heterocycles. The highest BCUT2D eigenvalue weighted by molar-refractivity contribution is 7.25. The van der Waals surface area contributed by atoms with Gasteiger partial charge in [0.2, 0.25) is 0 Å². The van der Waals surface area contributed by atoms with E-state index in [0.29, 0.717) is 17.5 Å². The Hall–Kier alpha value is -6.49. The molecule has 238 valence electrons. The Morgan fingerprint density at radius 3 is 1.61 bits per heavy atom. The van der Waals surface area contributed by atoms with E-state index in [1.165, 1.54) is 47.6 Å². The highest BCUT2D eigenvalue weighted by Gasteiger charge is 2.16. The summed E-state index contributed by atoms with van der Waals surface area (Å²) in [5, 5.41) is 7.35. The van der Waals surface area contributed by atoms with Gasteiger partial charge in [-0.05, 0) is 55.9 Å². The van der Waals surface area contributed by atoms with Gasteiger partial charge in [-0.25, -0.2) is 15.0 Å². The topological polar surface area (TPSA) is 38.7 Å². The van der Waals surface area contributed by atoms with Crippen molar-refractivity contribution in [1.82, 2.24) is 15.0 Å². The summed E-state index contributed by atoms with van der Waals surface area (Å²) in [5.41, 5.74) is 7.62. The van der Waals surface area contributed by atoms with Crippen molar-refractivity contribution in [3.8, 4) is 56.4 Å². The SMILES string of the molecule is c1ccc(-c2nc(-c3ccc(-c4ccc5c(c4)sc4ccccc45)cc3)nc(-c3cccc4c(-c5cccc6ccccc56)cccc34)n2)cc1. The highest BCUT2D eigenvalue weighted by atomic mass is 32.1. The van der Waals surface area contributed by atoms with Crippen LogP contribution in [0.25, 0.3) is 98.1 Å². The van der Waals surface area contributed by atoms with E-state index in [4.69, 9.17) is 15.0 Å². The van der Waals surface area contributed by atoms with Crippen LogP contribution in [0.3, 0.4) is 0 Å². The quantitative estimate of drug-likeness (QED) is 0.183. The zero-order valence-electron chi connectivity index (χ0n) is 27.5. The monoisotopic (exact) mass is 667 g/mol. The molecule has 51 heavy (non-hydrogen) atoms. The molecule has 0 spiro atoms. The molecule has 0 N–H and O–H groups in total. The first kappa shape index (κ1) is 29.4. The lowest BCUT2D eigenvalue weighted by molar-refractivity contribution is 1.08. The number of fused-ring (bicyclic) bond motifs is 5. The smallest absolute Gasteiger partial charge is 0.164 e. The van der Waals surface area contributed by atoms with E-state index < -0.39 is 0 Å². The van der Waals surface area contributed by atoms with Crippen molar-refractivity contribution in [2.45, 2.75) is 0 Å². The molecular weight excluding hydrogens is 639 g/mol. The maximum absolute atomic E-state index is 5.15. The van der Waals surface area contributed by atoms with Crippen LogP contribution in [0, 0.1) is 0 Å². The minimum absolute atomic E-state index is 0.646. The summed E-state index contributed by atoms with van der Waals surface area (Å²) >= 11 is 1.84. The number of hydrogen-bond donors (Lipinski definition) is 0. The lowest BCUT2D eigenvalue weighted by atomic mass is 9.92. The molecule has 0 amide bonds. The Kier molecular flexibility index (Phi) is 7.00. The van der Waals surface area contributed by atoms with Crippen molar-refractivity contribution < 1.29 is 0 Å². The third-order valence-corrected chi connectivity index (χ3v) is 10.9. The van der Waals surface area contributed by atoms with Crippen molar-refractivity contribution in [3.05, 3.63) is 176 Å². The van der Waals surface area contributed by atoms with Gasteiger partial charge in [0.1, 0.15) is 0 Å². The highest BCUT2D eigenvalue weighted by Crippen LogP contribution is 2.39. The third-order valence-electron chi connectivity index (χ3n) is 9.77. The van der Waals surface area contributed by atoms with Gasteiger partial charge in [0.15, 0.2) is 17.5 Å². The molecule has 3 nitrogen and oxygen atoms in total. The molecule has 4 heteroatoms. The number of thiophene rings is 1. The standard InChI is InChI=1S/C47H29N3S/c1-2-12-32(13-3-1)45-48-46(33-25-23-30(24-26-33)34-27-28-41-40-16-6-7-22-43(40)51-44(41)29-34)50-47(49-45)42-21-10-19-38-37(18-9-20-39(38)42)36-17-8-14-31-11-4-5-15-35(31)36/h1-29H. The zero-order chi connectivity index (χ0) is 33.7. The maximum atomic E-state index is 5.15. The van der Waals surface area contributed by atoms with Crippen molar-refractivity contribution >= 4 is 53.1 Å². The second-order valence-electron chi connectivity index (χ2n) is 12.8. The Labute approximate surface area is 299 Å². The molecule has 0 fully saturated rings. The van der Waals surface area contributed by atoms with Crippen LogP contribution in [0.15, 0.2) is 176 Å². The zero-order valence-corrected chi connectivity index (χ0v) is 28.3. The third kappa shape index (κ3) is 5.16. The molecule has 0 aliphatic heterocycles. The van der Waals surface area contributed by atoms with E-state index in [9.17, 15) is 0 Å². The Bertz CT molecular complexity index is 2900. The van der Waals surface area contributed by atoms with Crippen molar-refractivity contribution in [2.75, 3.05) is 0 Å². The van der Waals surface area contributed by atoms with Gasteiger partial charge in [0, 0.05) is 36.9 Å². The van der Waals surface area contributed by atoms with Crippen LogP contribution in [-0.2, 0) is 0 Å². The van der Waals surface area contributed by atoms with Crippen molar-refractivity contribution in [2.24, 2.45) is 0 Å². The summed E-state index contributed by atoms with van der Waals surface area (Å²) in [6.45, 7) is 0. The van der Waals surface area contributed by atoms with Crippen molar-refractivity contribution in [3.63, 3.8) is 0 Å². The van der Waals surface area contributed by atoms with E-state index in [0.717, 1.165) is 33.0 Å². The van der Waals surface area contributed by atoms with Crippen molar-refractivity contribution in [1.29, 1.82) is 0 Å². The average Bonchev–Trinajstić information content (AvgIpc) is 3.58. The fraction of sp³-hybridized carbons (Fsp3) is 0. The van der Waals surface area contributed by atoms with Crippen LogP contribution < -0.4 is 0 Å². The first-order valence-corrected chi connectivity index (χ1v) is 17.9. The van der Waals surface area contributed by atoms with E-state index in [1.54, 1.807) is 0 Å². The molecule has 10 aromatic rings. The molecule has 0 saturated heterocycles. The fourth-order valence-corrected chi connectivity index (χ4v) is 8.40. The molecule has 0 aliphatic rings. The van der Waals surface area contributed by atoms with Gasteiger partial charge in [-0.15, -0.1) is 11.3 Å². The van der Waals surface area contributed by atoms with Gasteiger partial charge in [-0.2, -0.15) is 0 Å². The Morgan fingerprint density at radius 2 is 0.804 bits per heavy atom. The molecule has 0 unspecified atom stereocenters. The maximum Gasteiger partial charge on any atom is 0.164 e. The van der Waals surface area contributed by atoms with Crippen LogP contribution in [0.2, 0.25) is 0 Å². The molecule has 8 aromatic carbocycles. The van der Waals surface area contributed by atoms with E-state index in [-0.39, 0.29) is 0 Å². The number of rotatable bonds is 5. The van der Waals surface area contributed by atoms with Gasteiger partial charge in [-0.3, -0.25) is 0 Å². The molecule has 0 bridgehead atoms. The normalized spacial score (nSPS) is 11.5. The average molecular weight is 668 g/mol. The molecule has 0 radical (unpaired) electrons. The van der Waals surface area contributed by atoms with Gasteiger partial charge in [0.25, 0.3) is 0 Å². The van der Waals surface area contributed by atoms with Gasteiger partial charge >= 0.3 is 0 Å². The summed E-state index contributed by atoms with van der Waals surface area (Å²) in [4.78, 5) is 15.3. The first-order valence-electron chi connectivity index (χ1n) is 17.1. The van der Waals surface area contributed by atoms with Crippen LogP contribution >= 0.6 is 11.3 Å². The number of benzene rings is 8. The van der Waals surface area contributed by atoms with Crippen LogP contribution in [0.1, 0.15) is 0 Å². The largest absolute Gasteiger partial charge is 0.208 e. The minimum Gasteiger partial charge on any atom is -0.208 e. The van der Waals surface area contributed by atoms with Gasteiger partial charge < -0.3 is 0 Å². The Morgan fingerprint density at radius 1 is 0.294 bits per heavy atom. The lowest BCUT2D eigenvalue weighted by Crippen LogP contribution is -2.00. The summed E-state index contributed by atoms with van der Waals surface area (Å²) < 4.78 is 2.61. The molecule has 0 saturated carbocycles. The van der Waals surface area contributed by atoms with E-state index in [2.05, 4.69) is 158 Å². The molecule has 0 aliphatic carbocycles.